The number of carbonyl (C=O) groups is 3. The molecule has 0 N–H and O–H groups in total. The molecule has 0 radical (unpaired) electrons. The second-order valence-electron chi connectivity index (χ2n) is 20.3. The van der Waals surface area contributed by atoms with Crippen molar-refractivity contribution in [3.63, 3.8) is 0 Å². The van der Waals surface area contributed by atoms with Crippen LogP contribution in [0, 0.1) is 0 Å². The third kappa shape index (κ3) is 56.0. The molecule has 0 aliphatic carbocycles. The number of rotatable bonds is 55. The maximum absolute atomic E-state index is 12.9. The topological polar surface area (TPSA) is 78.9 Å². The molecule has 1 atom stereocenters. The molecule has 0 saturated heterocycles. The van der Waals surface area contributed by atoms with E-state index in [2.05, 4.69) is 81.5 Å². The van der Waals surface area contributed by atoms with Gasteiger partial charge in [0.1, 0.15) is 13.2 Å². The van der Waals surface area contributed by atoms with Gasteiger partial charge < -0.3 is 14.2 Å². The van der Waals surface area contributed by atoms with Crippen molar-refractivity contribution < 1.29 is 28.6 Å². The van der Waals surface area contributed by atoms with E-state index in [1.54, 1.807) is 0 Å². The Labute approximate surface area is 434 Å². The minimum atomic E-state index is -0.787. The maximum atomic E-state index is 12.9. The van der Waals surface area contributed by atoms with Gasteiger partial charge in [0.2, 0.25) is 0 Å². The molecule has 6 nitrogen and oxygen atoms in total. The molecule has 0 aliphatic heterocycles. The average molecular weight is 980 g/mol. The van der Waals surface area contributed by atoms with Crippen molar-refractivity contribution in [2.24, 2.45) is 0 Å². The van der Waals surface area contributed by atoms with E-state index in [0.29, 0.717) is 19.3 Å². The van der Waals surface area contributed by atoms with Crippen LogP contribution in [0.3, 0.4) is 0 Å². The predicted octanol–water partition coefficient (Wildman–Crippen LogP) is 20.4. The summed E-state index contributed by atoms with van der Waals surface area (Å²) in [5, 5.41) is 0. The summed E-state index contributed by atoms with van der Waals surface area (Å²) in [5.41, 5.74) is 0. The lowest BCUT2D eigenvalue weighted by molar-refractivity contribution is -0.167. The molecular weight excluding hydrogens is 865 g/mol. The molecule has 0 rings (SSSR count). The average Bonchev–Trinajstić information content (AvgIpc) is 3.36. The molecule has 0 aromatic rings. The van der Waals surface area contributed by atoms with Crippen molar-refractivity contribution in [3.8, 4) is 0 Å². The third-order valence-electron chi connectivity index (χ3n) is 13.2. The summed E-state index contributed by atoms with van der Waals surface area (Å²) in [6.07, 6.45) is 73.5. The molecule has 70 heavy (non-hydrogen) atoms. The lowest BCUT2D eigenvalue weighted by Gasteiger charge is -2.18. The monoisotopic (exact) mass is 979 g/mol. The first-order chi connectivity index (χ1) is 34.5. The molecule has 0 fully saturated rings. The van der Waals surface area contributed by atoms with Crippen molar-refractivity contribution in [2.75, 3.05) is 13.2 Å². The molecule has 0 amide bonds. The molecule has 0 unspecified atom stereocenters. The van der Waals surface area contributed by atoms with Gasteiger partial charge >= 0.3 is 17.9 Å². The molecule has 0 heterocycles. The summed E-state index contributed by atoms with van der Waals surface area (Å²) in [6, 6.07) is 0. The highest BCUT2D eigenvalue weighted by Gasteiger charge is 2.19. The fourth-order valence-electron chi connectivity index (χ4n) is 8.66. The lowest BCUT2D eigenvalue weighted by Crippen LogP contribution is -2.30. The van der Waals surface area contributed by atoms with Crippen molar-refractivity contribution in [3.05, 3.63) is 60.8 Å². The van der Waals surface area contributed by atoms with Gasteiger partial charge in [0.05, 0.1) is 0 Å². The Balaban J connectivity index is 4.41. The lowest BCUT2D eigenvalue weighted by atomic mass is 10.0. The van der Waals surface area contributed by atoms with Crippen LogP contribution in [0.2, 0.25) is 0 Å². The fraction of sp³-hybridized carbons (Fsp3) is 0.797. The Morgan fingerprint density at radius 2 is 0.514 bits per heavy atom. The van der Waals surface area contributed by atoms with Gasteiger partial charge in [0.25, 0.3) is 0 Å². The van der Waals surface area contributed by atoms with Crippen LogP contribution in [0.1, 0.15) is 310 Å². The van der Waals surface area contributed by atoms with Gasteiger partial charge in [-0.15, -0.1) is 0 Å². The van der Waals surface area contributed by atoms with Crippen LogP contribution in [0.4, 0.5) is 0 Å². The van der Waals surface area contributed by atoms with Crippen LogP contribution in [0.15, 0.2) is 60.8 Å². The van der Waals surface area contributed by atoms with E-state index in [1.807, 2.05) is 0 Å². The van der Waals surface area contributed by atoms with Crippen LogP contribution >= 0.6 is 0 Å². The van der Waals surface area contributed by atoms with E-state index in [-0.39, 0.29) is 31.1 Å². The highest BCUT2D eigenvalue weighted by atomic mass is 16.6. The van der Waals surface area contributed by atoms with Crippen molar-refractivity contribution >= 4 is 17.9 Å². The molecule has 0 aromatic carbocycles. The van der Waals surface area contributed by atoms with Crippen LogP contribution in [0.25, 0.3) is 0 Å². The molecule has 0 bridgehead atoms. The van der Waals surface area contributed by atoms with Gasteiger partial charge in [-0.25, -0.2) is 0 Å². The number of ether oxygens (including phenoxy) is 3. The molecule has 0 spiro atoms. The van der Waals surface area contributed by atoms with E-state index < -0.39 is 6.10 Å². The number of hydrogen-bond acceptors (Lipinski definition) is 6. The van der Waals surface area contributed by atoms with Gasteiger partial charge in [0, 0.05) is 19.3 Å². The molecule has 406 valence electrons. The number of unbranched alkanes of at least 4 members (excludes halogenated alkanes) is 34. The molecule has 6 heteroatoms. The third-order valence-corrected chi connectivity index (χ3v) is 13.2. The second-order valence-corrected chi connectivity index (χ2v) is 20.3. The summed E-state index contributed by atoms with van der Waals surface area (Å²) >= 11 is 0. The Kier molecular flexibility index (Phi) is 56.3. The maximum Gasteiger partial charge on any atom is 0.306 e. The normalized spacial score (nSPS) is 12.4. The summed E-state index contributed by atoms with van der Waals surface area (Å²) in [5.74, 6) is -0.902. The Bertz CT molecular complexity index is 1260. The molecule has 0 aliphatic rings. The summed E-state index contributed by atoms with van der Waals surface area (Å²) < 4.78 is 16.9. The Hall–Kier alpha value is -2.89. The van der Waals surface area contributed by atoms with Crippen LogP contribution in [-0.4, -0.2) is 37.2 Å². The van der Waals surface area contributed by atoms with Crippen LogP contribution in [0.5, 0.6) is 0 Å². The second kappa shape index (κ2) is 58.7. The first-order valence-electron chi connectivity index (χ1n) is 30.3. The highest BCUT2D eigenvalue weighted by Crippen LogP contribution is 2.16. The molecule has 0 saturated carbocycles. The fourth-order valence-corrected chi connectivity index (χ4v) is 8.66. The highest BCUT2D eigenvalue weighted by molar-refractivity contribution is 5.71. The summed E-state index contributed by atoms with van der Waals surface area (Å²) in [4.78, 5) is 38.2. The van der Waals surface area contributed by atoms with E-state index in [0.717, 1.165) is 83.5 Å². The largest absolute Gasteiger partial charge is 0.462 e. The van der Waals surface area contributed by atoms with Gasteiger partial charge in [-0.1, -0.05) is 261 Å². The van der Waals surface area contributed by atoms with Crippen molar-refractivity contribution in [1.29, 1.82) is 0 Å². The SMILES string of the molecule is CCCCC/C=C/C/C=C/C/C=C/C/C=C/CCCCCC(=O)OC[C@@H](COC(=O)CCCCCCCCCCCCCCCC)OC(=O)CCCCCCCCCCC/C=C/CCCCCCCC. The van der Waals surface area contributed by atoms with Crippen molar-refractivity contribution in [2.45, 2.75) is 316 Å². The zero-order valence-electron chi connectivity index (χ0n) is 46.5. The standard InChI is InChI=1S/C64H114O6/c1-4-7-10-13-16-19-22-25-28-30-32-34-36-39-42-45-48-51-54-57-63(66)69-60-61(59-68-62(65)56-53-50-47-44-41-38-27-24-21-18-15-12-9-6-3)70-64(67)58-55-52-49-46-43-40-37-35-33-31-29-26-23-20-17-14-11-8-5-2/h16,19,25-26,28-29,32,34,39,42,61H,4-15,17-18,20-24,27,30-31,33,35-38,40-41,43-60H2,1-3H3/b19-16+,28-25+,29-26+,34-32+,42-39+/t61-/m1/s1. The van der Waals surface area contributed by atoms with Crippen molar-refractivity contribution in [1.82, 2.24) is 0 Å². The van der Waals surface area contributed by atoms with Crippen LogP contribution < -0.4 is 0 Å². The number of carbonyl (C=O) groups excluding carboxylic acids is 3. The minimum absolute atomic E-state index is 0.0823. The van der Waals surface area contributed by atoms with Gasteiger partial charge in [0.15, 0.2) is 6.10 Å². The van der Waals surface area contributed by atoms with Gasteiger partial charge in [-0.3, -0.25) is 14.4 Å². The molecular formula is C64H114O6. The minimum Gasteiger partial charge on any atom is -0.462 e. The summed E-state index contributed by atoms with van der Waals surface area (Å²) in [7, 11) is 0. The first kappa shape index (κ1) is 67.1. The smallest absolute Gasteiger partial charge is 0.306 e. The first-order valence-corrected chi connectivity index (χ1v) is 30.3. The van der Waals surface area contributed by atoms with E-state index in [4.69, 9.17) is 14.2 Å². The quantitative estimate of drug-likeness (QED) is 0.0261. The number of esters is 3. The Morgan fingerprint density at radius 1 is 0.286 bits per heavy atom. The Morgan fingerprint density at radius 3 is 0.857 bits per heavy atom. The zero-order valence-corrected chi connectivity index (χ0v) is 46.5. The van der Waals surface area contributed by atoms with E-state index in [1.165, 1.54) is 186 Å². The summed E-state index contributed by atoms with van der Waals surface area (Å²) in [6.45, 7) is 6.61. The van der Waals surface area contributed by atoms with Gasteiger partial charge in [-0.2, -0.15) is 0 Å². The number of allylic oxidation sites excluding steroid dienone is 10. The van der Waals surface area contributed by atoms with Crippen LogP contribution in [-0.2, 0) is 28.6 Å². The number of hydrogen-bond donors (Lipinski definition) is 0. The molecule has 0 aromatic heterocycles. The van der Waals surface area contributed by atoms with E-state index in [9.17, 15) is 14.4 Å². The van der Waals surface area contributed by atoms with Gasteiger partial charge in [-0.05, 0) is 89.9 Å². The van der Waals surface area contributed by atoms with E-state index >= 15 is 0 Å². The zero-order chi connectivity index (χ0) is 50.7. The predicted molar refractivity (Wildman–Crippen MR) is 302 cm³/mol.